The lowest BCUT2D eigenvalue weighted by Gasteiger charge is -2.05. The van der Waals surface area contributed by atoms with Crippen molar-refractivity contribution in [2.75, 3.05) is 12.8 Å². The number of hydrogen-bond donors (Lipinski definition) is 2. The van der Waals surface area contributed by atoms with Crippen LogP contribution in [0.4, 0.5) is 5.82 Å². The van der Waals surface area contributed by atoms with Crippen LogP contribution in [0, 0.1) is 0 Å². The maximum absolute atomic E-state index is 10.8. The molecule has 0 fully saturated rings. The number of aromatic nitrogens is 1. The number of primary amides is 1. The van der Waals surface area contributed by atoms with Crippen LogP contribution >= 0.6 is 11.6 Å². The lowest BCUT2D eigenvalue weighted by molar-refractivity contribution is 0.1000. The summed E-state index contributed by atoms with van der Waals surface area (Å²) in [5.41, 5.74) is 10.6. The van der Waals surface area contributed by atoms with Gasteiger partial charge in [-0.1, -0.05) is 11.6 Å². The Labute approximate surface area is 79.6 Å². The molecule has 1 heterocycles. The second-order valence-electron chi connectivity index (χ2n) is 2.28. The maximum atomic E-state index is 10.8. The Bertz CT molecular complexity index is 354. The Hall–Kier alpha value is -1.49. The van der Waals surface area contributed by atoms with Crippen molar-refractivity contribution in [3.63, 3.8) is 0 Å². The number of nitrogens with zero attached hydrogens (tertiary/aromatic N) is 1. The molecule has 0 unspecified atom stereocenters. The first kappa shape index (κ1) is 9.60. The van der Waals surface area contributed by atoms with Crippen molar-refractivity contribution in [2.24, 2.45) is 5.73 Å². The molecule has 0 aromatic carbocycles. The van der Waals surface area contributed by atoms with Crippen molar-refractivity contribution in [3.8, 4) is 5.88 Å². The van der Waals surface area contributed by atoms with Crippen molar-refractivity contribution >= 4 is 23.3 Å². The van der Waals surface area contributed by atoms with E-state index in [2.05, 4.69) is 4.98 Å². The molecule has 1 aromatic heterocycles. The van der Waals surface area contributed by atoms with E-state index in [1.165, 1.54) is 13.2 Å². The first-order chi connectivity index (χ1) is 6.06. The Morgan fingerprint density at radius 3 is 2.77 bits per heavy atom. The van der Waals surface area contributed by atoms with E-state index in [0.717, 1.165) is 0 Å². The van der Waals surface area contributed by atoms with Crippen LogP contribution in [-0.4, -0.2) is 18.0 Å². The predicted molar refractivity (Wildman–Crippen MR) is 48.7 cm³/mol. The van der Waals surface area contributed by atoms with Crippen molar-refractivity contribution < 1.29 is 9.53 Å². The van der Waals surface area contributed by atoms with Gasteiger partial charge in [-0.2, -0.15) is 4.98 Å². The quantitative estimate of drug-likeness (QED) is 0.726. The largest absolute Gasteiger partial charge is 0.481 e. The van der Waals surface area contributed by atoms with Gasteiger partial charge in [-0.3, -0.25) is 4.79 Å². The van der Waals surface area contributed by atoms with E-state index in [0.29, 0.717) is 0 Å². The van der Waals surface area contributed by atoms with Crippen LogP contribution in [0.15, 0.2) is 6.07 Å². The number of nitrogen functional groups attached to an aromatic ring is 1. The van der Waals surface area contributed by atoms with Gasteiger partial charge in [0.25, 0.3) is 5.91 Å². The van der Waals surface area contributed by atoms with Gasteiger partial charge in [-0.25, -0.2) is 0 Å². The molecule has 0 saturated carbocycles. The summed E-state index contributed by atoms with van der Waals surface area (Å²) in [7, 11) is 1.40. The molecule has 1 aromatic rings. The fraction of sp³-hybridized carbons (Fsp3) is 0.143. The van der Waals surface area contributed by atoms with Gasteiger partial charge in [-0.15, -0.1) is 0 Å². The van der Waals surface area contributed by atoms with Crippen LogP contribution in [-0.2, 0) is 0 Å². The van der Waals surface area contributed by atoms with Crippen LogP contribution < -0.4 is 16.2 Å². The zero-order valence-corrected chi connectivity index (χ0v) is 7.63. The number of carbonyl (C=O) groups excluding carboxylic acids is 1. The lowest BCUT2D eigenvalue weighted by atomic mass is 10.2. The number of anilines is 1. The van der Waals surface area contributed by atoms with Crippen molar-refractivity contribution in [2.45, 2.75) is 0 Å². The SMILES string of the molecule is COc1cc(C(N)=O)c(Cl)c(N)n1. The van der Waals surface area contributed by atoms with Gasteiger partial charge in [0.15, 0.2) is 0 Å². The average molecular weight is 202 g/mol. The third kappa shape index (κ3) is 1.81. The zero-order chi connectivity index (χ0) is 10.0. The number of pyridine rings is 1. The van der Waals surface area contributed by atoms with Gasteiger partial charge < -0.3 is 16.2 Å². The number of halogens is 1. The summed E-state index contributed by atoms with van der Waals surface area (Å²) in [5.74, 6) is -0.442. The van der Waals surface area contributed by atoms with Gasteiger partial charge in [0.1, 0.15) is 5.82 Å². The molecule has 1 rings (SSSR count). The van der Waals surface area contributed by atoms with Crippen LogP contribution in [0.5, 0.6) is 5.88 Å². The number of hydrogen-bond acceptors (Lipinski definition) is 4. The number of ether oxygens (including phenoxy) is 1. The second-order valence-corrected chi connectivity index (χ2v) is 2.65. The number of amides is 1. The molecule has 0 radical (unpaired) electrons. The number of nitrogens with two attached hydrogens (primary N) is 2. The minimum atomic E-state index is -0.669. The standard InChI is InChI=1S/C7H8ClN3O2/c1-13-4-2-3(7(10)12)5(8)6(9)11-4/h2H,1H3,(H2,9,11)(H2,10,12). The third-order valence-corrected chi connectivity index (χ3v) is 1.83. The van der Waals surface area contributed by atoms with E-state index in [1.54, 1.807) is 0 Å². The van der Waals surface area contributed by atoms with E-state index >= 15 is 0 Å². The second kappa shape index (κ2) is 3.49. The summed E-state index contributed by atoms with van der Waals surface area (Å²) in [6.07, 6.45) is 0. The monoisotopic (exact) mass is 201 g/mol. The van der Waals surface area contributed by atoms with Gasteiger partial charge in [0.05, 0.1) is 17.7 Å². The highest BCUT2D eigenvalue weighted by molar-refractivity contribution is 6.35. The Morgan fingerprint density at radius 1 is 1.69 bits per heavy atom. The highest BCUT2D eigenvalue weighted by Gasteiger charge is 2.12. The Kier molecular flexibility index (Phi) is 2.57. The summed E-state index contributed by atoms with van der Waals surface area (Å²) in [6, 6.07) is 1.33. The minimum Gasteiger partial charge on any atom is -0.481 e. The van der Waals surface area contributed by atoms with Crippen molar-refractivity contribution in [1.29, 1.82) is 0 Å². The smallest absolute Gasteiger partial charge is 0.250 e. The molecule has 0 atom stereocenters. The first-order valence-electron chi connectivity index (χ1n) is 3.36. The van der Waals surface area contributed by atoms with Crippen molar-refractivity contribution in [3.05, 3.63) is 16.7 Å². The van der Waals surface area contributed by atoms with E-state index in [9.17, 15) is 4.79 Å². The molecule has 70 valence electrons. The van der Waals surface area contributed by atoms with E-state index in [4.69, 9.17) is 27.8 Å². The van der Waals surface area contributed by atoms with Crippen LogP contribution in [0.1, 0.15) is 10.4 Å². The number of rotatable bonds is 2. The van der Waals surface area contributed by atoms with Crippen LogP contribution in [0.3, 0.4) is 0 Å². The van der Waals surface area contributed by atoms with Crippen LogP contribution in [0.2, 0.25) is 5.02 Å². The summed E-state index contributed by atoms with van der Waals surface area (Å²) in [6.45, 7) is 0. The summed E-state index contributed by atoms with van der Waals surface area (Å²) >= 11 is 5.67. The molecule has 5 nitrogen and oxygen atoms in total. The van der Waals surface area contributed by atoms with Crippen molar-refractivity contribution in [1.82, 2.24) is 4.98 Å². The van der Waals surface area contributed by atoms with E-state index in [-0.39, 0.29) is 22.3 Å². The van der Waals surface area contributed by atoms with Gasteiger partial charge in [0.2, 0.25) is 5.88 Å². The molecule has 0 aliphatic carbocycles. The molecule has 1 amide bonds. The first-order valence-corrected chi connectivity index (χ1v) is 3.74. The molecule has 13 heavy (non-hydrogen) atoms. The average Bonchev–Trinajstić information content (AvgIpc) is 2.09. The summed E-state index contributed by atoms with van der Waals surface area (Å²) < 4.78 is 4.78. The Morgan fingerprint density at radius 2 is 2.31 bits per heavy atom. The fourth-order valence-electron chi connectivity index (χ4n) is 0.809. The molecule has 0 aliphatic heterocycles. The number of methoxy groups -OCH3 is 1. The van der Waals surface area contributed by atoms with Gasteiger partial charge in [-0.05, 0) is 0 Å². The van der Waals surface area contributed by atoms with Gasteiger partial charge >= 0.3 is 0 Å². The van der Waals surface area contributed by atoms with E-state index in [1.807, 2.05) is 0 Å². The van der Waals surface area contributed by atoms with E-state index < -0.39 is 5.91 Å². The third-order valence-electron chi connectivity index (χ3n) is 1.43. The highest BCUT2D eigenvalue weighted by atomic mass is 35.5. The minimum absolute atomic E-state index is 0.0230. The molecule has 0 spiro atoms. The van der Waals surface area contributed by atoms with Gasteiger partial charge in [0, 0.05) is 6.07 Å². The number of carbonyl (C=O) groups is 1. The molecule has 0 saturated heterocycles. The molecule has 0 aliphatic rings. The fourth-order valence-corrected chi connectivity index (χ4v) is 0.999. The highest BCUT2D eigenvalue weighted by Crippen LogP contribution is 2.24. The normalized spacial score (nSPS) is 9.69. The maximum Gasteiger partial charge on any atom is 0.250 e. The topological polar surface area (TPSA) is 91.2 Å². The molecular weight excluding hydrogens is 194 g/mol. The van der Waals surface area contributed by atoms with Crippen LogP contribution in [0.25, 0.3) is 0 Å². The summed E-state index contributed by atoms with van der Waals surface area (Å²) in [5, 5.41) is 0.0494. The molecule has 0 bridgehead atoms. The molecular formula is C7H8ClN3O2. The molecule has 4 N–H and O–H groups in total. The predicted octanol–water partition coefficient (Wildman–Crippen LogP) is 0.425. The lowest BCUT2D eigenvalue weighted by Crippen LogP contribution is -2.13. The Balaban J connectivity index is 3.33. The molecule has 6 heteroatoms. The zero-order valence-electron chi connectivity index (χ0n) is 6.87. The summed E-state index contributed by atoms with van der Waals surface area (Å²) in [4.78, 5) is 14.6.